The Labute approximate surface area is 168 Å². The van der Waals surface area contributed by atoms with Gasteiger partial charge in [0.05, 0.1) is 23.5 Å². The molecule has 3 rings (SSSR count). The smallest absolute Gasteiger partial charge is 0.261 e. The molecule has 146 valence electrons. The topological polar surface area (TPSA) is 75.7 Å². The SMILES string of the molecule is CCOc1ccc(NC(=O)CSCCCN2C(=O)c3ccccc3C2=O)cc1. The summed E-state index contributed by atoms with van der Waals surface area (Å²) < 4.78 is 5.37. The molecule has 28 heavy (non-hydrogen) atoms. The van der Waals surface area contributed by atoms with Crippen molar-refractivity contribution in [3.05, 3.63) is 59.7 Å². The van der Waals surface area contributed by atoms with Crippen molar-refractivity contribution in [1.82, 2.24) is 4.90 Å². The van der Waals surface area contributed by atoms with Crippen LogP contribution in [0.15, 0.2) is 48.5 Å². The molecular weight excluding hydrogens is 376 g/mol. The maximum atomic E-state index is 12.3. The van der Waals surface area contributed by atoms with E-state index in [1.165, 1.54) is 16.7 Å². The molecule has 1 heterocycles. The third-order valence-electron chi connectivity index (χ3n) is 4.23. The Hall–Kier alpha value is -2.80. The molecule has 0 saturated heterocycles. The fourth-order valence-corrected chi connectivity index (χ4v) is 3.67. The summed E-state index contributed by atoms with van der Waals surface area (Å²) >= 11 is 1.48. The first-order chi connectivity index (χ1) is 13.6. The van der Waals surface area contributed by atoms with Gasteiger partial charge in [0.25, 0.3) is 11.8 Å². The zero-order valence-corrected chi connectivity index (χ0v) is 16.5. The molecule has 0 aromatic heterocycles. The van der Waals surface area contributed by atoms with Gasteiger partial charge in [-0.3, -0.25) is 19.3 Å². The van der Waals surface area contributed by atoms with Crippen molar-refractivity contribution in [1.29, 1.82) is 0 Å². The highest BCUT2D eigenvalue weighted by Gasteiger charge is 2.34. The van der Waals surface area contributed by atoms with E-state index in [2.05, 4.69) is 5.32 Å². The lowest BCUT2D eigenvalue weighted by molar-refractivity contribution is -0.113. The number of imide groups is 1. The Kier molecular flexibility index (Phi) is 6.71. The molecule has 2 aromatic carbocycles. The molecule has 0 unspecified atom stereocenters. The highest BCUT2D eigenvalue weighted by Crippen LogP contribution is 2.22. The predicted molar refractivity (Wildman–Crippen MR) is 110 cm³/mol. The number of ether oxygens (including phenoxy) is 1. The number of hydrogen-bond donors (Lipinski definition) is 1. The number of thioether (sulfide) groups is 1. The predicted octanol–water partition coefficient (Wildman–Crippen LogP) is 3.44. The number of amides is 3. The van der Waals surface area contributed by atoms with Crippen LogP contribution in [0.3, 0.4) is 0 Å². The van der Waals surface area contributed by atoms with Gasteiger partial charge in [-0.25, -0.2) is 0 Å². The summed E-state index contributed by atoms with van der Waals surface area (Å²) in [4.78, 5) is 37.8. The molecule has 0 saturated carbocycles. The van der Waals surface area contributed by atoms with Gasteiger partial charge in [-0.05, 0) is 55.5 Å². The lowest BCUT2D eigenvalue weighted by atomic mass is 10.1. The molecule has 0 spiro atoms. The minimum Gasteiger partial charge on any atom is -0.494 e. The first kappa shape index (κ1) is 19.9. The van der Waals surface area contributed by atoms with Crippen molar-refractivity contribution in [3.8, 4) is 5.75 Å². The number of anilines is 1. The van der Waals surface area contributed by atoms with Gasteiger partial charge < -0.3 is 10.1 Å². The lowest BCUT2D eigenvalue weighted by Gasteiger charge is -2.13. The van der Waals surface area contributed by atoms with Gasteiger partial charge >= 0.3 is 0 Å². The number of carbonyl (C=O) groups is 3. The normalized spacial score (nSPS) is 12.8. The van der Waals surface area contributed by atoms with Crippen molar-refractivity contribution < 1.29 is 19.1 Å². The van der Waals surface area contributed by atoms with E-state index in [-0.39, 0.29) is 17.7 Å². The van der Waals surface area contributed by atoms with Crippen LogP contribution < -0.4 is 10.1 Å². The van der Waals surface area contributed by atoms with Gasteiger partial charge in [0.2, 0.25) is 5.91 Å². The van der Waals surface area contributed by atoms with Crippen molar-refractivity contribution in [3.63, 3.8) is 0 Å². The summed E-state index contributed by atoms with van der Waals surface area (Å²) in [6.45, 7) is 2.88. The van der Waals surface area contributed by atoms with Gasteiger partial charge in [0.15, 0.2) is 0 Å². The first-order valence-electron chi connectivity index (χ1n) is 9.16. The molecule has 3 amide bonds. The Morgan fingerprint density at radius 2 is 1.68 bits per heavy atom. The molecule has 0 radical (unpaired) electrons. The quantitative estimate of drug-likeness (QED) is 0.517. The summed E-state index contributed by atoms with van der Waals surface area (Å²) in [6.07, 6.45) is 0.645. The fraction of sp³-hybridized carbons (Fsp3) is 0.286. The van der Waals surface area contributed by atoms with Crippen LogP contribution in [-0.2, 0) is 4.79 Å². The van der Waals surface area contributed by atoms with Crippen LogP contribution in [-0.4, -0.2) is 47.3 Å². The minimum absolute atomic E-state index is 0.0881. The molecular formula is C21H22N2O4S. The van der Waals surface area contributed by atoms with E-state index in [1.807, 2.05) is 19.1 Å². The van der Waals surface area contributed by atoms with Gasteiger partial charge in [-0.2, -0.15) is 11.8 Å². The van der Waals surface area contributed by atoms with Crippen LogP contribution in [0.5, 0.6) is 5.75 Å². The number of carbonyl (C=O) groups excluding carboxylic acids is 3. The van der Waals surface area contributed by atoms with E-state index in [0.29, 0.717) is 42.2 Å². The largest absolute Gasteiger partial charge is 0.494 e. The summed E-state index contributed by atoms with van der Waals surface area (Å²) in [5.74, 6) is 1.20. The summed E-state index contributed by atoms with van der Waals surface area (Å²) in [5.41, 5.74) is 1.66. The zero-order chi connectivity index (χ0) is 19.9. The molecule has 7 heteroatoms. The van der Waals surface area contributed by atoms with E-state index < -0.39 is 0 Å². The third-order valence-corrected chi connectivity index (χ3v) is 5.27. The van der Waals surface area contributed by atoms with Crippen LogP contribution in [0.4, 0.5) is 5.69 Å². The monoisotopic (exact) mass is 398 g/mol. The molecule has 0 fully saturated rings. The molecule has 0 bridgehead atoms. The van der Waals surface area contributed by atoms with E-state index in [0.717, 1.165) is 11.4 Å². The average Bonchev–Trinajstić information content (AvgIpc) is 2.94. The van der Waals surface area contributed by atoms with Crippen molar-refractivity contribution in [2.45, 2.75) is 13.3 Å². The highest BCUT2D eigenvalue weighted by atomic mass is 32.2. The van der Waals surface area contributed by atoms with Crippen LogP contribution in [0.1, 0.15) is 34.1 Å². The van der Waals surface area contributed by atoms with E-state index in [4.69, 9.17) is 4.74 Å². The summed E-state index contributed by atoms with van der Waals surface area (Å²) in [7, 11) is 0. The number of fused-ring (bicyclic) bond motifs is 1. The van der Waals surface area contributed by atoms with Crippen molar-refractivity contribution >= 4 is 35.2 Å². The van der Waals surface area contributed by atoms with Crippen molar-refractivity contribution in [2.24, 2.45) is 0 Å². The van der Waals surface area contributed by atoms with Crippen LogP contribution >= 0.6 is 11.8 Å². The molecule has 0 atom stereocenters. The zero-order valence-electron chi connectivity index (χ0n) is 15.6. The minimum atomic E-state index is -0.237. The van der Waals surface area contributed by atoms with E-state index in [9.17, 15) is 14.4 Å². The summed E-state index contributed by atoms with van der Waals surface area (Å²) in [6, 6.07) is 14.1. The van der Waals surface area contributed by atoms with Gasteiger partial charge in [-0.1, -0.05) is 12.1 Å². The maximum absolute atomic E-state index is 12.3. The Bertz CT molecular complexity index is 832. The standard InChI is InChI=1S/C21H22N2O4S/c1-2-27-16-10-8-15(9-11-16)22-19(24)14-28-13-5-12-23-20(25)17-6-3-4-7-18(17)21(23)26/h3-4,6-11H,2,5,12-14H2,1H3,(H,22,24). The molecule has 1 aliphatic heterocycles. The van der Waals surface area contributed by atoms with Crippen molar-refractivity contribution in [2.75, 3.05) is 30.0 Å². The lowest BCUT2D eigenvalue weighted by Crippen LogP contribution is -2.31. The average molecular weight is 398 g/mol. The maximum Gasteiger partial charge on any atom is 0.261 e. The molecule has 1 aliphatic rings. The number of nitrogens with zero attached hydrogens (tertiary/aromatic N) is 1. The summed E-state index contributed by atoms with van der Waals surface area (Å²) in [5, 5.41) is 2.84. The van der Waals surface area contributed by atoms with Gasteiger partial charge in [0.1, 0.15) is 5.75 Å². The number of hydrogen-bond acceptors (Lipinski definition) is 5. The van der Waals surface area contributed by atoms with Crippen LogP contribution in [0.25, 0.3) is 0 Å². The van der Waals surface area contributed by atoms with Gasteiger partial charge in [-0.15, -0.1) is 0 Å². The fourth-order valence-electron chi connectivity index (χ4n) is 2.93. The molecule has 2 aromatic rings. The van der Waals surface area contributed by atoms with Crippen LogP contribution in [0, 0.1) is 0 Å². The second-order valence-electron chi connectivity index (χ2n) is 6.22. The Morgan fingerprint density at radius 3 is 2.29 bits per heavy atom. The number of rotatable bonds is 9. The van der Waals surface area contributed by atoms with Crippen LogP contribution in [0.2, 0.25) is 0 Å². The molecule has 1 N–H and O–H groups in total. The second kappa shape index (κ2) is 9.41. The Balaban J connectivity index is 1.36. The second-order valence-corrected chi connectivity index (χ2v) is 7.32. The third kappa shape index (κ3) is 4.72. The highest BCUT2D eigenvalue weighted by molar-refractivity contribution is 7.99. The molecule has 6 nitrogen and oxygen atoms in total. The molecule has 0 aliphatic carbocycles. The number of benzene rings is 2. The number of nitrogens with one attached hydrogen (secondary N) is 1. The Morgan fingerprint density at radius 1 is 1.04 bits per heavy atom. The van der Waals surface area contributed by atoms with E-state index in [1.54, 1.807) is 36.4 Å². The van der Waals surface area contributed by atoms with E-state index >= 15 is 0 Å². The van der Waals surface area contributed by atoms with Gasteiger partial charge in [0, 0.05) is 12.2 Å². The first-order valence-corrected chi connectivity index (χ1v) is 10.3.